The number of benzene rings is 1. The molecule has 0 heterocycles. The molecule has 0 aliphatic carbocycles. The lowest BCUT2D eigenvalue weighted by Gasteiger charge is -2.08. The number of hydrogen-bond donors (Lipinski definition) is 0. The van der Waals surface area contributed by atoms with Gasteiger partial charge in [-0.3, -0.25) is 0 Å². The highest BCUT2D eigenvalue weighted by Gasteiger charge is 2.08. The van der Waals surface area contributed by atoms with E-state index in [9.17, 15) is 4.79 Å². The number of allylic oxidation sites excluding steroid dienone is 1. The number of halogens is 3. The summed E-state index contributed by atoms with van der Waals surface area (Å²) in [5, 5.41) is 0.951. The second-order valence-corrected chi connectivity index (χ2v) is 4.30. The van der Waals surface area contributed by atoms with Gasteiger partial charge < -0.3 is 9.47 Å². The first-order chi connectivity index (χ1) is 7.93. The number of rotatable bonds is 3. The van der Waals surface area contributed by atoms with Crippen molar-refractivity contribution in [3.63, 3.8) is 0 Å². The molecule has 0 aliphatic heterocycles. The molecule has 0 atom stereocenters. The van der Waals surface area contributed by atoms with Crippen LogP contribution in [0.5, 0.6) is 5.75 Å². The molecule has 0 saturated heterocycles. The highest BCUT2D eigenvalue weighted by molar-refractivity contribution is 6.43. The van der Waals surface area contributed by atoms with Crippen LogP contribution in [0.2, 0.25) is 15.1 Å². The van der Waals surface area contributed by atoms with Gasteiger partial charge in [0.2, 0.25) is 0 Å². The Hall–Kier alpha value is -0.900. The number of esters is 1. The minimum Gasteiger partial charge on any atom is -0.466 e. The zero-order chi connectivity index (χ0) is 13.0. The lowest BCUT2D eigenvalue weighted by molar-refractivity contribution is -0.135. The van der Waals surface area contributed by atoms with Crippen LogP contribution in [-0.4, -0.2) is 13.1 Å². The van der Waals surface area contributed by atoms with Gasteiger partial charge in [0.15, 0.2) is 0 Å². The topological polar surface area (TPSA) is 35.5 Å². The summed E-state index contributed by atoms with van der Waals surface area (Å²) in [6.45, 7) is 1.59. The molecular formula is C11H9Cl3O3. The zero-order valence-corrected chi connectivity index (χ0v) is 11.4. The van der Waals surface area contributed by atoms with Crippen LogP contribution in [0.25, 0.3) is 0 Å². The van der Waals surface area contributed by atoms with Crippen molar-refractivity contribution in [1.29, 1.82) is 0 Å². The van der Waals surface area contributed by atoms with Crippen LogP contribution in [-0.2, 0) is 9.53 Å². The Balaban J connectivity index is 2.92. The average molecular weight is 296 g/mol. The number of carbonyl (C=O) groups is 1. The van der Waals surface area contributed by atoms with Crippen molar-refractivity contribution in [2.24, 2.45) is 0 Å². The van der Waals surface area contributed by atoms with Crippen LogP contribution in [0.15, 0.2) is 24.0 Å². The Kier molecular flexibility index (Phi) is 5.12. The van der Waals surface area contributed by atoms with E-state index in [0.717, 1.165) is 0 Å². The van der Waals surface area contributed by atoms with E-state index < -0.39 is 5.97 Å². The molecule has 3 nitrogen and oxygen atoms in total. The smallest absolute Gasteiger partial charge is 0.333 e. The van der Waals surface area contributed by atoms with Crippen molar-refractivity contribution in [3.05, 3.63) is 39.0 Å². The van der Waals surface area contributed by atoms with E-state index in [1.54, 1.807) is 6.92 Å². The minimum absolute atomic E-state index is 0.303. The van der Waals surface area contributed by atoms with Crippen LogP contribution >= 0.6 is 34.8 Å². The van der Waals surface area contributed by atoms with Gasteiger partial charge >= 0.3 is 5.97 Å². The van der Waals surface area contributed by atoms with Crippen LogP contribution in [0.3, 0.4) is 0 Å². The first-order valence-corrected chi connectivity index (χ1v) is 5.66. The van der Waals surface area contributed by atoms with Crippen molar-refractivity contribution in [2.45, 2.75) is 6.92 Å². The molecule has 17 heavy (non-hydrogen) atoms. The second kappa shape index (κ2) is 6.15. The minimum atomic E-state index is -0.515. The van der Waals surface area contributed by atoms with Crippen molar-refractivity contribution < 1.29 is 14.3 Å². The van der Waals surface area contributed by atoms with Gasteiger partial charge in [-0.2, -0.15) is 0 Å². The Bertz CT molecular complexity index is 469. The van der Waals surface area contributed by atoms with Crippen molar-refractivity contribution >= 4 is 40.8 Å². The maximum atomic E-state index is 11.0. The van der Waals surface area contributed by atoms with Gasteiger partial charge in [-0.15, -0.1) is 0 Å². The molecular weight excluding hydrogens is 286 g/mol. The summed E-state index contributed by atoms with van der Waals surface area (Å²) in [6.07, 6.45) is 1.19. The van der Waals surface area contributed by atoms with Crippen molar-refractivity contribution in [3.8, 4) is 5.75 Å². The summed E-state index contributed by atoms with van der Waals surface area (Å²) in [7, 11) is 1.28. The first-order valence-electron chi connectivity index (χ1n) is 4.52. The van der Waals surface area contributed by atoms with Crippen molar-refractivity contribution in [1.82, 2.24) is 0 Å². The van der Waals surface area contributed by atoms with E-state index in [4.69, 9.17) is 39.5 Å². The summed E-state index contributed by atoms with van der Waals surface area (Å²) in [5.41, 5.74) is 0. The molecule has 0 saturated carbocycles. The highest BCUT2D eigenvalue weighted by Crippen LogP contribution is 2.34. The standard InChI is InChI=1S/C11H9Cl3O3/c1-6(3-11(15)16-2)17-10-5-8(13)7(12)4-9(10)14/h3-5H,1-2H3/b6-3-. The zero-order valence-electron chi connectivity index (χ0n) is 9.09. The molecule has 0 aliphatic rings. The van der Waals surface area contributed by atoms with Crippen LogP contribution < -0.4 is 4.74 Å². The Morgan fingerprint density at radius 3 is 2.35 bits per heavy atom. The predicted molar refractivity (Wildman–Crippen MR) is 67.9 cm³/mol. The predicted octanol–water partition coefficient (Wildman–Crippen LogP) is 4.10. The molecule has 1 aromatic rings. The molecule has 92 valence electrons. The number of hydrogen-bond acceptors (Lipinski definition) is 3. The summed E-state index contributed by atoms with van der Waals surface area (Å²) in [6, 6.07) is 2.94. The Morgan fingerprint density at radius 2 is 1.76 bits per heavy atom. The van der Waals surface area contributed by atoms with Gasteiger partial charge in [0.25, 0.3) is 0 Å². The molecule has 0 N–H and O–H groups in total. The molecule has 0 unspecified atom stereocenters. The molecule has 0 spiro atoms. The average Bonchev–Trinajstić information content (AvgIpc) is 2.25. The Labute approximate surface area is 114 Å². The number of carbonyl (C=O) groups excluding carboxylic acids is 1. The SMILES string of the molecule is COC(=O)/C=C(/C)Oc1cc(Cl)c(Cl)cc1Cl. The normalized spacial score (nSPS) is 11.2. The third-order valence-corrected chi connectivity index (χ3v) is 2.79. The van der Waals surface area contributed by atoms with E-state index in [0.29, 0.717) is 26.6 Å². The van der Waals surface area contributed by atoms with E-state index in [-0.39, 0.29) is 0 Å². The fourth-order valence-electron chi connectivity index (χ4n) is 1.01. The maximum Gasteiger partial charge on any atom is 0.333 e. The van der Waals surface area contributed by atoms with Crippen LogP contribution in [0.4, 0.5) is 0 Å². The largest absolute Gasteiger partial charge is 0.466 e. The van der Waals surface area contributed by atoms with E-state index in [2.05, 4.69) is 4.74 Å². The second-order valence-electron chi connectivity index (χ2n) is 3.08. The number of methoxy groups -OCH3 is 1. The molecule has 1 rings (SSSR count). The van der Waals surface area contributed by atoms with Crippen molar-refractivity contribution in [2.75, 3.05) is 7.11 Å². The molecule has 1 aromatic carbocycles. The molecule has 0 fully saturated rings. The van der Waals surface area contributed by atoms with Gasteiger partial charge in [0, 0.05) is 6.07 Å². The summed E-state index contributed by atoms with van der Waals surface area (Å²) >= 11 is 17.5. The van der Waals surface area contributed by atoms with Gasteiger partial charge in [-0.05, 0) is 13.0 Å². The third kappa shape index (κ3) is 4.11. The van der Waals surface area contributed by atoms with Gasteiger partial charge in [0.1, 0.15) is 11.5 Å². The van der Waals surface area contributed by atoms with Crippen LogP contribution in [0, 0.1) is 0 Å². The summed E-state index contributed by atoms with van der Waals surface area (Å²) in [4.78, 5) is 11.0. The van der Waals surface area contributed by atoms with E-state index in [1.165, 1.54) is 25.3 Å². The quantitative estimate of drug-likeness (QED) is 0.364. The lowest BCUT2D eigenvalue weighted by Crippen LogP contribution is -2.00. The highest BCUT2D eigenvalue weighted by atomic mass is 35.5. The first kappa shape index (κ1) is 14.2. The Morgan fingerprint density at radius 1 is 1.18 bits per heavy atom. The summed E-state index contributed by atoms with van der Waals surface area (Å²) < 4.78 is 9.79. The fraction of sp³-hybridized carbons (Fsp3) is 0.182. The van der Waals surface area contributed by atoms with E-state index in [1.807, 2.05) is 0 Å². The van der Waals surface area contributed by atoms with Gasteiger partial charge in [-0.1, -0.05) is 34.8 Å². The number of ether oxygens (including phenoxy) is 2. The fourth-order valence-corrected chi connectivity index (χ4v) is 1.59. The third-order valence-electron chi connectivity index (χ3n) is 1.77. The molecule has 0 aromatic heterocycles. The molecule has 0 bridgehead atoms. The van der Waals surface area contributed by atoms with Gasteiger partial charge in [0.05, 0.1) is 28.3 Å². The lowest BCUT2D eigenvalue weighted by atomic mass is 10.3. The maximum absolute atomic E-state index is 11.0. The summed E-state index contributed by atoms with van der Waals surface area (Å²) in [5.74, 6) is 0.134. The van der Waals surface area contributed by atoms with Gasteiger partial charge in [-0.25, -0.2) is 4.79 Å². The molecule has 6 heteroatoms. The van der Waals surface area contributed by atoms with Crippen LogP contribution in [0.1, 0.15) is 6.92 Å². The molecule has 0 radical (unpaired) electrons. The van der Waals surface area contributed by atoms with E-state index >= 15 is 0 Å². The monoisotopic (exact) mass is 294 g/mol. The molecule has 0 amide bonds.